The fourth-order valence-electron chi connectivity index (χ4n) is 2.91. The van der Waals surface area contributed by atoms with Crippen LogP contribution < -0.4 is 5.73 Å². The molecular formula is C17H13ClN4O. The molecule has 0 bridgehead atoms. The fraction of sp³-hybridized carbons (Fsp3) is 0.118. The summed E-state index contributed by atoms with van der Waals surface area (Å²) in [6.07, 6.45) is 0. The minimum absolute atomic E-state index is 0.0693. The van der Waals surface area contributed by atoms with Crippen LogP contribution in [0.4, 0.5) is 5.95 Å². The van der Waals surface area contributed by atoms with Crippen LogP contribution in [0.2, 0.25) is 5.02 Å². The fourth-order valence-corrected chi connectivity index (χ4v) is 3.08. The van der Waals surface area contributed by atoms with Crippen LogP contribution in [0.25, 0.3) is 10.9 Å². The molecule has 0 aliphatic carbocycles. The highest BCUT2D eigenvalue weighted by molar-refractivity contribution is 6.31. The van der Waals surface area contributed by atoms with Gasteiger partial charge in [-0.3, -0.25) is 4.79 Å². The van der Waals surface area contributed by atoms with Gasteiger partial charge in [-0.25, -0.2) is 9.97 Å². The summed E-state index contributed by atoms with van der Waals surface area (Å²) < 4.78 is 0. The third-order valence-electron chi connectivity index (χ3n) is 4.01. The minimum atomic E-state index is -0.150. The Balaban J connectivity index is 1.76. The van der Waals surface area contributed by atoms with Crippen LogP contribution in [-0.4, -0.2) is 20.8 Å². The summed E-state index contributed by atoms with van der Waals surface area (Å²) >= 11 is 5.99. The van der Waals surface area contributed by atoms with Gasteiger partial charge in [-0.1, -0.05) is 35.9 Å². The summed E-state index contributed by atoms with van der Waals surface area (Å²) in [4.78, 5) is 23.0. The normalized spacial score (nSPS) is 13.3. The Kier molecular flexibility index (Phi) is 3.16. The topological polar surface area (TPSA) is 72.1 Å². The average molecular weight is 325 g/mol. The van der Waals surface area contributed by atoms with Crippen molar-refractivity contribution in [3.05, 3.63) is 64.3 Å². The Bertz CT molecular complexity index is 911. The van der Waals surface area contributed by atoms with Crippen LogP contribution in [-0.2, 0) is 13.1 Å². The van der Waals surface area contributed by atoms with Gasteiger partial charge in [0.1, 0.15) is 5.69 Å². The van der Waals surface area contributed by atoms with Gasteiger partial charge in [0.2, 0.25) is 5.95 Å². The Morgan fingerprint density at radius 2 is 1.78 bits per heavy atom. The van der Waals surface area contributed by atoms with Gasteiger partial charge in [0.25, 0.3) is 5.91 Å². The summed E-state index contributed by atoms with van der Waals surface area (Å²) in [6, 6.07) is 13.2. The minimum Gasteiger partial charge on any atom is -0.368 e. The molecule has 0 radical (unpaired) electrons. The molecule has 23 heavy (non-hydrogen) atoms. The zero-order valence-corrected chi connectivity index (χ0v) is 12.9. The van der Waals surface area contributed by atoms with Crippen molar-refractivity contribution < 1.29 is 4.79 Å². The van der Waals surface area contributed by atoms with Gasteiger partial charge < -0.3 is 10.6 Å². The van der Waals surface area contributed by atoms with E-state index in [1.165, 1.54) is 0 Å². The second kappa shape index (κ2) is 5.21. The molecule has 1 amide bonds. The molecule has 0 spiro atoms. The number of nitrogens with two attached hydrogens (primary N) is 1. The van der Waals surface area contributed by atoms with E-state index in [0.717, 1.165) is 11.1 Å². The second-order valence-electron chi connectivity index (χ2n) is 5.52. The van der Waals surface area contributed by atoms with Crippen molar-refractivity contribution in [1.82, 2.24) is 14.9 Å². The summed E-state index contributed by atoms with van der Waals surface area (Å²) in [6.45, 7) is 1.15. The Morgan fingerprint density at radius 3 is 2.48 bits per heavy atom. The Labute approximate surface area is 137 Å². The molecule has 0 saturated carbocycles. The van der Waals surface area contributed by atoms with Crippen LogP contribution >= 0.6 is 11.6 Å². The second-order valence-corrected chi connectivity index (χ2v) is 5.96. The quantitative estimate of drug-likeness (QED) is 0.747. The first-order valence-corrected chi connectivity index (χ1v) is 7.58. The first-order valence-electron chi connectivity index (χ1n) is 7.20. The van der Waals surface area contributed by atoms with E-state index in [1.807, 2.05) is 24.3 Å². The number of amides is 1. The van der Waals surface area contributed by atoms with Crippen LogP contribution in [0.1, 0.15) is 21.6 Å². The van der Waals surface area contributed by atoms with Gasteiger partial charge in [-0.2, -0.15) is 0 Å². The molecule has 4 rings (SSSR count). The van der Waals surface area contributed by atoms with E-state index in [4.69, 9.17) is 17.3 Å². The molecule has 0 atom stereocenters. The maximum absolute atomic E-state index is 12.9. The van der Waals surface area contributed by atoms with Gasteiger partial charge in [-0.15, -0.1) is 0 Å². The summed E-state index contributed by atoms with van der Waals surface area (Å²) in [5, 5.41) is 1.20. The zero-order chi connectivity index (χ0) is 16.0. The van der Waals surface area contributed by atoms with Crippen LogP contribution in [0.15, 0.2) is 42.5 Å². The van der Waals surface area contributed by atoms with E-state index in [2.05, 4.69) is 9.97 Å². The molecule has 3 aromatic rings. The molecule has 5 nitrogen and oxygen atoms in total. The molecule has 1 aliphatic rings. The smallest absolute Gasteiger partial charge is 0.273 e. The van der Waals surface area contributed by atoms with Crippen molar-refractivity contribution >= 4 is 34.4 Å². The van der Waals surface area contributed by atoms with Crippen LogP contribution in [0.3, 0.4) is 0 Å². The van der Waals surface area contributed by atoms with Gasteiger partial charge >= 0.3 is 0 Å². The van der Waals surface area contributed by atoms with Crippen molar-refractivity contribution in [1.29, 1.82) is 0 Å². The molecule has 1 aliphatic heterocycles. The van der Waals surface area contributed by atoms with Gasteiger partial charge in [-0.05, 0) is 29.3 Å². The zero-order valence-electron chi connectivity index (χ0n) is 12.2. The number of carbonyl (C=O) groups excluding carboxylic acids is 1. The lowest BCUT2D eigenvalue weighted by atomic mass is 10.1. The van der Waals surface area contributed by atoms with Crippen LogP contribution in [0, 0.1) is 0 Å². The molecule has 114 valence electrons. The number of benzene rings is 2. The highest BCUT2D eigenvalue weighted by atomic mass is 35.5. The first kappa shape index (κ1) is 14.0. The van der Waals surface area contributed by atoms with Gasteiger partial charge in [0.15, 0.2) is 0 Å². The molecule has 1 aromatic heterocycles. The molecule has 2 heterocycles. The largest absolute Gasteiger partial charge is 0.368 e. The lowest BCUT2D eigenvalue weighted by Gasteiger charge is -2.16. The molecule has 2 aromatic carbocycles. The Morgan fingerprint density at radius 1 is 1.09 bits per heavy atom. The molecular weight excluding hydrogens is 312 g/mol. The monoisotopic (exact) mass is 324 g/mol. The number of anilines is 1. The van der Waals surface area contributed by atoms with Crippen molar-refractivity contribution in [3.63, 3.8) is 0 Å². The van der Waals surface area contributed by atoms with Gasteiger partial charge in [0.05, 0.1) is 5.52 Å². The highest BCUT2D eigenvalue weighted by Crippen LogP contribution is 2.27. The standard InChI is InChI=1S/C17H13ClN4O/c18-12-5-6-13-14(7-12)20-17(19)21-15(13)16(23)22-8-10-3-1-2-4-11(10)9-22/h1-7H,8-9H2,(H2,19,20,21). The summed E-state index contributed by atoms with van der Waals surface area (Å²) in [5.74, 6) is -0.0811. The van der Waals surface area contributed by atoms with E-state index >= 15 is 0 Å². The summed E-state index contributed by atoms with van der Waals surface area (Å²) in [5.41, 5.74) is 8.97. The van der Waals surface area contributed by atoms with Crippen molar-refractivity contribution in [3.8, 4) is 0 Å². The lowest BCUT2D eigenvalue weighted by molar-refractivity contribution is 0.0747. The summed E-state index contributed by atoms with van der Waals surface area (Å²) in [7, 11) is 0. The predicted octanol–water partition coefficient (Wildman–Crippen LogP) is 3.02. The SMILES string of the molecule is Nc1nc(C(=O)N2Cc3ccccc3C2)c2ccc(Cl)cc2n1. The first-order chi connectivity index (χ1) is 11.1. The number of nitrogens with zero attached hydrogens (tertiary/aromatic N) is 3. The van der Waals surface area contributed by atoms with Gasteiger partial charge in [0, 0.05) is 23.5 Å². The highest BCUT2D eigenvalue weighted by Gasteiger charge is 2.26. The third-order valence-corrected chi connectivity index (χ3v) is 4.24. The average Bonchev–Trinajstić information content (AvgIpc) is 2.97. The maximum atomic E-state index is 12.9. The van der Waals surface area contributed by atoms with E-state index in [1.54, 1.807) is 23.1 Å². The lowest BCUT2D eigenvalue weighted by Crippen LogP contribution is -2.27. The number of carbonyl (C=O) groups is 1. The number of hydrogen-bond donors (Lipinski definition) is 1. The van der Waals surface area contributed by atoms with E-state index in [-0.39, 0.29) is 11.9 Å². The third kappa shape index (κ3) is 2.39. The van der Waals surface area contributed by atoms with E-state index < -0.39 is 0 Å². The Hall–Kier alpha value is -2.66. The predicted molar refractivity (Wildman–Crippen MR) is 89.0 cm³/mol. The number of fused-ring (bicyclic) bond motifs is 2. The number of nitrogen functional groups attached to an aromatic ring is 1. The van der Waals surface area contributed by atoms with E-state index in [9.17, 15) is 4.79 Å². The number of halogens is 1. The maximum Gasteiger partial charge on any atom is 0.273 e. The number of hydrogen-bond acceptors (Lipinski definition) is 4. The molecule has 0 fully saturated rings. The molecule has 0 unspecified atom stereocenters. The van der Waals surface area contributed by atoms with Crippen molar-refractivity contribution in [2.75, 3.05) is 5.73 Å². The number of aromatic nitrogens is 2. The van der Waals surface area contributed by atoms with Crippen LogP contribution in [0.5, 0.6) is 0 Å². The molecule has 0 saturated heterocycles. The molecule has 6 heteroatoms. The molecule has 2 N–H and O–H groups in total. The van der Waals surface area contributed by atoms with Crippen molar-refractivity contribution in [2.45, 2.75) is 13.1 Å². The van der Waals surface area contributed by atoms with E-state index in [0.29, 0.717) is 34.7 Å². The van der Waals surface area contributed by atoms with Crippen molar-refractivity contribution in [2.24, 2.45) is 0 Å². The number of rotatable bonds is 1.